The Bertz CT molecular complexity index is 955. The quantitative estimate of drug-likeness (QED) is 0.804. The second kappa shape index (κ2) is 7.55. The van der Waals surface area contributed by atoms with Crippen LogP contribution in [0.5, 0.6) is 0 Å². The van der Waals surface area contributed by atoms with Gasteiger partial charge in [0.15, 0.2) is 0 Å². The van der Waals surface area contributed by atoms with Crippen LogP contribution in [-0.2, 0) is 15.9 Å². The molecule has 7 nitrogen and oxygen atoms in total. The molecule has 2 aromatic rings. The number of hydrogen-bond acceptors (Lipinski definition) is 6. The van der Waals surface area contributed by atoms with E-state index in [1.807, 2.05) is 6.92 Å². The maximum atomic E-state index is 13.3. The Balaban J connectivity index is 1.70. The van der Waals surface area contributed by atoms with Gasteiger partial charge in [0.05, 0.1) is 0 Å². The van der Waals surface area contributed by atoms with E-state index in [0.29, 0.717) is 18.5 Å². The smallest absolute Gasteiger partial charge is 0.279 e. The molecule has 0 saturated carbocycles. The van der Waals surface area contributed by atoms with Crippen LogP contribution in [0.3, 0.4) is 0 Å². The lowest BCUT2D eigenvalue weighted by atomic mass is 10.1. The molecule has 150 valence electrons. The lowest BCUT2D eigenvalue weighted by Gasteiger charge is -2.42. The summed E-state index contributed by atoms with van der Waals surface area (Å²) in [5.41, 5.74) is -0.486. The average molecular weight is 421 g/mol. The van der Waals surface area contributed by atoms with Crippen molar-refractivity contribution in [2.24, 2.45) is 0 Å². The standard InChI is InChI=1S/C19H24N4O3S2/c1-15-14-20-18(27-15)19(22-11-5-6-12-22)10-7-13-23(19)28(25,26)21-17(24)16-8-3-2-4-9-16/h2-4,8-9,14H,5-7,10-13H2,1H3,(H,21,24). The van der Waals surface area contributed by atoms with E-state index in [1.165, 1.54) is 15.6 Å². The van der Waals surface area contributed by atoms with Gasteiger partial charge in [0.25, 0.3) is 5.91 Å². The minimum absolute atomic E-state index is 0.321. The largest absolute Gasteiger partial charge is 0.306 e. The summed E-state index contributed by atoms with van der Waals surface area (Å²) >= 11 is 1.53. The van der Waals surface area contributed by atoms with Gasteiger partial charge in [0, 0.05) is 36.3 Å². The number of aryl methyl sites for hydroxylation is 1. The molecule has 2 fully saturated rings. The van der Waals surface area contributed by atoms with Gasteiger partial charge in [-0.05, 0) is 44.7 Å². The van der Waals surface area contributed by atoms with E-state index in [2.05, 4.69) is 14.6 Å². The van der Waals surface area contributed by atoms with Gasteiger partial charge in [0.2, 0.25) is 0 Å². The van der Waals surface area contributed by atoms with Crippen LogP contribution >= 0.6 is 11.3 Å². The number of carbonyl (C=O) groups is 1. The van der Waals surface area contributed by atoms with Crippen LogP contribution in [0, 0.1) is 6.92 Å². The molecule has 1 amide bonds. The van der Waals surface area contributed by atoms with Gasteiger partial charge < -0.3 is 0 Å². The van der Waals surface area contributed by atoms with Crippen LogP contribution in [0.1, 0.15) is 45.9 Å². The minimum atomic E-state index is -4.03. The van der Waals surface area contributed by atoms with Crippen molar-refractivity contribution >= 4 is 27.5 Å². The highest BCUT2D eigenvalue weighted by Crippen LogP contribution is 2.46. The first-order chi connectivity index (χ1) is 13.4. The van der Waals surface area contributed by atoms with Crippen LogP contribution in [0.25, 0.3) is 0 Å². The van der Waals surface area contributed by atoms with Crippen LogP contribution < -0.4 is 4.72 Å². The highest BCUT2D eigenvalue weighted by molar-refractivity contribution is 7.87. The highest BCUT2D eigenvalue weighted by atomic mass is 32.2. The van der Waals surface area contributed by atoms with Gasteiger partial charge >= 0.3 is 10.2 Å². The van der Waals surface area contributed by atoms with E-state index in [-0.39, 0.29) is 0 Å². The van der Waals surface area contributed by atoms with Crippen molar-refractivity contribution in [3.8, 4) is 0 Å². The number of rotatable bonds is 5. The van der Waals surface area contributed by atoms with Crippen LogP contribution in [0.15, 0.2) is 36.5 Å². The Morgan fingerprint density at radius 1 is 1.14 bits per heavy atom. The van der Waals surface area contributed by atoms with Gasteiger partial charge in [-0.25, -0.2) is 9.71 Å². The number of hydrogen-bond donors (Lipinski definition) is 1. The molecule has 0 spiro atoms. The molecule has 2 aliphatic heterocycles. The normalized spacial score (nSPS) is 23.9. The molecule has 2 aliphatic rings. The topological polar surface area (TPSA) is 82.6 Å². The number of carbonyl (C=O) groups excluding carboxylic acids is 1. The van der Waals surface area contributed by atoms with Crippen molar-refractivity contribution in [2.75, 3.05) is 19.6 Å². The van der Waals surface area contributed by atoms with Gasteiger partial charge in [-0.3, -0.25) is 9.69 Å². The summed E-state index contributed by atoms with van der Waals surface area (Å²) in [5, 5.41) is 0.793. The zero-order chi connectivity index (χ0) is 19.8. The number of nitrogens with one attached hydrogen (secondary N) is 1. The van der Waals surface area contributed by atoms with Gasteiger partial charge in [0.1, 0.15) is 10.7 Å². The summed E-state index contributed by atoms with van der Waals surface area (Å²) in [5.74, 6) is -0.613. The molecule has 2 saturated heterocycles. The number of aromatic nitrogens is 1. The molecule has 1 aromatic heterocycles. The van der Waals surface area contributed by atoms with E-state index >= 15 is 0 Å². The zero-order valence-electron chi connectivity index (χ0n) is 15.8. The Morgan fingerprint density at radius 3 is 2.50 bits per heavy atom. The maximum Gasteiger partial charge on any atom is 0.306 e. The summed E-state index contributed by atoms with van der Waals surface area (Å²) in [7, 11) is -4.03. The molecule has 3 heterocycles. The first-order valence-electron chi connectivity index (χ1n) is 9.51. The van der Waals surface area contributed by atoms with E-state index in [4.69, 9.17) is 0 Å². The molecule has 1 atom stereocenters. The summed E-state index contributed by atoms with van der Waals surface area (Å²) in [6, 6.07) is 8.42. The van der Waals surface area contributed by atoms with Gasteiger partial charge in [-0.15, -0.1) is 11.3 Å². The molecule has 1 aromatic carbocycles. The predicted octanol–water partition coefficient (Wildman–Crippen LogP) is 2.47. The number of thiazole rings is 1. The lowest BCUT2D eigenvalue weighted by Crippen LogP contribution is -2.58. The molecule has 4 rings (SSSR count). The Morgan fingerprint density at radius 2 is 1.86 bits per heavy atom. The molecule has 1 unspecified atom stereocenters. The molecular weight excluding hydrogens is 396 g/mol. The van der Waals surface area contributed by atoms with Crippen LogP contribution in [0.4, 0.5) is 0 Å². The first-order valence-corrected chi connectivity index (χ1v) is 11.8. The summed E-state index contributed by atoms with van der Waals surface area (Å²) in [6.07, 6.45) is 5.28. The average Bonchev–Trinajstić information content (AvgIpc) is 3.42. The fourth-order valence-electron chi connectivity index (χ4n) is 4.21. The molecule has 28 heavy (non-hydrogen) atoms. The van der Waals surface area contributed by atoms with Crippen molar-refractivity contribution in [3.63, 3.8) is 0 Å². The summed E-state index contributed by atoms with van der Waals surface area (Å²) in [4.78, 5) is 20.4. The second-order valence-corrected chi connectivity index (χ2v) is 10.1. The first kappa shape index (κ1) is 19.5. The van der Waals surface area contributed by atoms with Gasteiger partial charge in [-0.2, -0.15) is 12.7 Å². The van der Waals surface area contributed by atoms with E-state index < -0.39 is 21.8 Å². The lowest BCUT2D eigenvalue weighted by molar-refractivity contribution is 0.0304. The Kier molecular flexibility index (Phi) is 5.26. The van der Waals surface area contributed by atoms with Crippen molar-refractivity contribution in [3.05, 3.63) is 52.0 Å². The molecule has 0 aliphatic carbocycles. The van der Waals surface area contributed by atoms with Crippen molar-refractivity contribution in [1.29, 1.82) is 0 Å². The van der Waals surface area contributed by atoms with Gasteiger partial charge in [-0.1, -0.05) is 18.2 Å². The van der Waals surface area contributed by atoms with E-state index in [9.17, 15) is 13.2 Å². The molecule has 9 heteroatoms. The number of likely N-dealkylation sites (tertiary alicyclic amines) is 1. The van der Waals surface area contributed by atoms with Crippen LogP contribution in [-0.4, -0.2) is 48.1 Å². The van der Waals surface area contributed by atoms with Crippen molar-refractivity contribution in [2.45, 2.75) is 38.3 Å². The van der Waals surface area contributed by atoms with E-state index in [0.717, 1.165) is 42.2 Å². The fourth-order valence-corrected chi connectivity index (χ4v) is 6.81. The monoisotopic (exact) mass is 420 g/mol. The number of amides is 1. The predicted molar refractivity (Wildman–Crippen MR) is 108 cm³/mol. The SMILES string of the molecule is Cc1cnc(C2(N3CCCC3)CCCN2S(=O)(=O)NC(=O)c2ccccc2)s1. The molecule has 1 N–H and O–H groups in total. The van der Waals surface area contributed by atoms with E-state index in [1.54, 1.807) is 36.5 Å². The Labute approximate surface area is 169 Å². The third-order valence-electron chi connectivity index (χ3n) is 5.44. The fraction of sp³-hybridized carbons (Fsp3) is 0.474. The minimum Gasteiger partial charge on any atom is -0.279 e. The maximum absolute atomic E-state index is 13.3. The molecule has 0 radical (unpaired) electrons. The third-order valence-corrected chi connectivity index (χ3v) is 8.00. The molecular formula is C19H24N4O3S2. The van der Waals surface area contributed by atoms with Crippen molar-refractivity contribution in [1.82, 2.24) is 18.9 Å². The number of nitrogens with zero attached hydrogens (tertiary/aromatic N) is 3. The second-order valence-electron chi connectivity index (χ2n) is 7.26. The molecule has 0 bridgehead atoms. The van der Waals surface area contributed by atoms with Crippen LogP contribution in [0.2, 0.25) is 0 Å². The Hall–Kier alpha value is -1.81. The summed E-state index contributed by atoms with van der Waals surface area (Å²) < 4.78 is 30.4. The summed E-state index contributed by atoms with van der Waals surface area (Å²) in [6.45, 7) is 4.00. The zero-order valence-corrected chi connectivity index (χ0v) is 17.4. The van der Waals surface area contributed by atoms with Crippen molar-refractivity contribution < 1.29 is 13.2 Å². The number of benzene rings is 1. The highest BCUT2D eigenvalue weighted by Gasteiger charge is 2.55. The third kappa shape index (κ3) is 3.36.